The highest BCUT2D eigenvalue weighted by Crippen LogP contribution is 2.18. The Bertz CT molecular complexity index is 1070. The fourth-order valence-corrected chi connectivity index (χ4v) is 2.30. The Hall–Kier alpha value is -3.74. The van der Waals surface area contributed by atoms with Crippen LogP contribution >= 0.6 is 0 Å². The van der Waals surface area contributed by atoms with Gasteiger partial charge in [-0.05, 0) is 23.8 Å². The van der Waals surface area contributed by atoms with Gasteiger partial charge in [-0.2, -0.15) is 23.5 Å². The lowest BCUT2D eigenvalue weighted by Crippen LogP contribution is -2.23. The van der Waals surface area contributed by atoms with Crippen LogP contribution in [0.1, 0.15) is 11.1 Å². The number of halogens is 3. The van der Waals surface area contributed by atoms with Gasteiger partial charge in [0.2, 0.25) is 0 Å². The van der Waals surface area contributed by atoms with Crippen LogP contribution in [0.3, 0.4) is 0 Å². The Balaban J connectivity index is 1.81. The molecular weight excluding hydrogens is 375 g/mol. The van der Waals surface area contributed by atoms with Crippen LogP contribution < -0.4 is 10.3 Å². The van der Waals surface area contributed by atoms with Crippen LogP contribution in [0.15, 0.2) is 53.6 Å². The smallest absolute Gasteiger partial charge is 0.422 e. The first kappa shape index (κ1) is 19.0. The predicted octanol–water partition coefficient (Wildman–Crippen LogP) is 2.56. The van der Waals surface area contributed by atoms with Crippen molar-refractivity contribution in [3.8, 4) is 23.3 Å². The SMILES string of the molecule is N#Cc1cccc(Cn2nc(-c3cnc(OCC(F)(F)F)nc3)ccc2=O)c1. The summed E-state index contributed by atoms with van der Waals surface area (Å²) < 4.78 is 42.1. The van der Waals surface area contributed by atoms with Gasteiger partial charge < -0.3 is 4.74 Å². The van der Waals surface area contributed by atoms with E-state index in [2.05, 4.69) is 19.8 Å². The van der Waals surface area contributed by atoms with Crippen LogP contribution in [-0.2, 0) is 6.54 Å². The minimum Gasteiger partial charge on any atom is -0.454 e. The highest BCUT2D eigenvalue weighted by atomic mass is 19.4. The van der Waals surface area contributed by atoms with Crippen LogP contribution in [-0.4, -0.2) is 32.5 Å². The molecule has 0 aliphatic carbocycles. The summed E-state index contributed by atoms with van der Waals surface area (Å²) in [5.74, 6) is 0. The fraction of sp³-hybridized carbons (Fsp3) is 0.167. The van der Waals surface area contributed by atoms with Crippen molar-refractivity contribution in [1.82, 2.24) is 19.7 Å². The minimum absolute atomic E-state index is 0.149. The van der Waals surface area contributed by atoms with E-state index in [-0.39, 0.29) is 12.1 Å². The quantitative estimate of drug-likeness (QED) is 0.668. The van der Waals surface area contributed by atoms with E-state index in [1.54, 1.807) is 24.3 Å². The van der Waals surface area contributed by atoms with E-state index in [4.69, 9.17) is 5.26 Å². The maximum absolute atomic E-state index is 12.2. The summed E-state index contributed by atoms with van der Waals surface area (Å²) in [6, 6.07) is 11.1. The number of nitrogens with zero attached hydrogens (tertiary/aromatic N) is 5. The number of benzene rings is 1. The molecule has 0 N–H and O–H groups in total. The van der Waals surface area contributed by atoms with Crippen molar-refractivity contribution < 1.29 is 17.9 Å². The van der Waals surface area contributed by atoms with Gasteiger partial charge in [0.1, 0.15) is 0 Å². The van der Waals surface area contributed by atoms with Gasteiger partial charge >= 0.3 is 12.2 Å². The van der Waals surface area contributed by atoms with Gasteiger partial charge in [-0.25, -0.2) is 14.6 Å². The van der Waals surface area contributed by atoms with Crippen LogP contribution in [0.5, 0.6) is 6.01 Å². The number of ether oxygens (including phenoxy) is 1. The van der Waals surface area contributed by atoms with E-state index in [9.17, 15) is 18.0 Å². The zero-order chi connectivity index (χ0) is 20.1. The summed E-state index contributed by atoms with van der Waals surface area (Å²) in [5.41, 5.74) is 1.59. The number of hydrogen-bond donors (Lipinski definition) is 0. The summed E-state index contributed by atoms with van der Waals surface area (Å²) in [4.78, 5) is 19.5. The molecule has 3 aromatic rings. The van der Waals surface area contributed by atoms with Crippen molar-refractivity contribution in [2.45, 2.75) is 12.7 Å². The average Bonchev–Trinajstić information content (AvgIpc) is 2.68. The summed E-state index contributed by atoms with van der Waals surface area (Å²) in [7, 11) is 0. The zero-order valence-electron chi connectivity index (χ0n) is 14.2. The van der Waals surface area contributed by atoms with Crippen LogP contribution in [0, 0.1) is 11.3 Å². The van der Waals surface area contributed by atoms with Crippen molar-refractivity contribution in [3.05, 3.63) is 70.3 Å². The molecule has 0 bridgehead atoms. The Morgan fingerprint density at radius 1 is 1.14 bits per heavy atom. The van der Waals surface area contributed by atoms with E-state index in [1.807, 2.05) is 6.07 Å². The van der Waals surface area contributed by atoms with Crippen molar-refractivity contribution in [2.24, 2.45) is 0 Å². The molecule has 10 heteroatoms. The predicted molar refractivity (Wildman–Crippen MR) is 91.3 cm³/mol. The number of nitriles is 1. The van der Waals surface area contributed by atoms with E-state index in [1.165, 1.54) is 29.2 Å². The highest BCUT2D eigenvalue weighted by Gasteiger charge is 2.28. The molecule has 0 radical (unpaired) electrons. The lowest BCUT2D eigenvalue weighted by Gasteiger charge is -2.09. The molecule has 0 spiro atoms. The second kappa shape index (κ2) is 7.87. The van der Waals surface area contributed by atoms with Crippen molar-refractivity contribution >= 4 is 0 Å². The maximum Gasteiger partial charge on any atom is 0.422 e. The molecule has 1 aromatic carbocycles. The van der Waals surface area contributed by atoms with Crippen molar-refractivity contribution in [1.29, 1.82) is 5.26 Å². The molecule has 2 heterocycles. The number of aromatic nitrogens is 4. The molecule has 0 unspecified atom stereocenters. The van der Waals surface area contributed by atoms with E-state index >= 15 is 0 Å². The van der Waals surface area contributed by atoms with Gasteiger partial charge in [0.25, 0.3) is 5.56 Å². The fourth-order valence-electron chi connectivity index (χ4n) is 2.30. The summed E-state index contributed by atoms with van der Waals surface area (Å²) in [6.45, 7) is -1.34. The summed E-state index contributed by atoms with van der Waals surface area (Å²) in [5, 5.41) is 13.2. The molecular formula is C18H12F3N5O2. The average molecular weight is 387 g/mol. The van der Waals surface area contributed by atoms with Gasteiger partial charge in [-0.3, -0.25) is 4.79 Å². The van der Waals surface area contributed by atoms with Crippen molar-refractivity contribution in [3.63, 3.8) is 0 Å². The van der Waals surface area contributed by atoms with Crippen molar-refractivity contribution in [2.75, 3.05) is 6.61 Å². The molecule has 0 atom stereocenters. The van der Waals surface area contributed by atoms with E-state index in [0.717, 1.165) is 5.56 Å². The lowest BCUT2D eigenvalue weighted by atomic mass is 10.1. The Labute approximate surface area is 156 Å². The highest BCUT2D eigenvalue weighted by molar-refractivity contribution is 5.55. The monoisotopic (exact) mass is 387 g/mol. The summed E-state index contributed by atoms with van der Waals surface area (Å²) >= 11 is 0. The minimum atomic E-state index is -4.48. The van der Waals surface area contributed by atoms with E-state index < -0.39 is 18.8 Å². The molecule has 0 saturated carbocycles. The topological polar surface area (TPSA) is 93.7 Å². The molecule has 7 nitrogen and oxygen atoms in total. The van der Waals surface area contributed by atoms with Gasteiger partial charge in [-0.15, -0.1) is 0 Å². The third-order valence-corrected chi connectivity index (χ3v) is 3.54. The molecule has 142 valence electrons. The molecule has 0 aliphatic rings. The molecule has 0 aliphatic heterocycles. The van der Waals surface area contributed by atoms with Crippen LogP contribution in [0.4, 0.5) is 13.2 Å². The molecule has 0 saturated heterocycles. The van der Waals surface area contributed by atoms with Gasteiger partial charge in [0.05, 0.1) is 23.9 Å². The zero-order valence-corrected chi connectivity index (χ0v) is 14.2. The molecule has 2 aromatic heterocycles. The number of hydrogen-bond acceptors (Lipinski definition) is 6. The molecule has 28 heavy (non-hydrogen) atoms. The molecule has 3 rings (SSSR count). The first-order valence-corrected chi connectivity index (χ1v) is 7.93. The van der Waals surface area contributed by atoms with E-state index in [0.29, 0.717) is 16.8 Å². The Kier molecular flexibility index (Phi) is 5.35. The van der Waals surface area contributed by atoms with Crippen LogP contribution in [0.2, 0.25) is 0 Å². The second-order valence-corrected chi connectivity index (χ2v) is 5.68. The third kappa shape index (κ3) is 4.91. The molecule has 0 fully saturated rings. The third-order valence-electron chi connectivity index (χ3n) is 3.54. The number of rotatable bonds is 5. The first-order chi connectivity index (χ1) is 13.3. The Morgan fingerprint density at radius 2 is 1.89 bits per heavy atom. The standard InChI is InChI=1S/C18H12F3N5O2/c19-18(20,21)11-28-17-23-8-14(9-24-17)15-4-5-16(27)26(25-15)10-13-3-1-2-12(6-13)7-22/h1-6,8-9H,10-11H2. The van der Waals surface area contributed by atoms with Gasteiger partial charge in [0, 0.05) is 24.0 Å². The first-order valence-electron chi connectivity index (χ1n) is 7.93. The number of alkyl halides is 3. The van der Waals surface area contributed by atoms with Crippen LogP contribution in [0.25, 0.3) is 11.3 Å². The lowest BCUT2D eigenvalue weighted by molar-refractivity contribution is -0.154. The molecule has 0 amide bonds. The normalized spacial score (nSPS) is 11.1. The van der Waals surface area contributed by atoms with Gasteiger partial charge in [-0.1, -0.05) is 12.1 Å². The Morgan fingerprint density at radius 3 is 2.57 bits per heavy atom. The summed E-state index contributed by atoms with van der Waals surface area (Å²) in [6.07, 6.45) is -1.97. The van der Waals surface area contributed by atoms with Gasteiger partial charge in [0.15, 0.2) is 6.61 Å². The largest absolute Gasteiger partial charge is 0.454 e. The second-order valence-electron chi connectivity index (χ2n) is 5.68. The maximum atomic E-state index is 12.2.